The van der Waals surface area contributed by atoms with E-state index in [1.807, 2.05) is 0 Å². The van der Waals surface area contributed by atoms with E-state index in [2.05, 4.69) is 220 Å². The third-order valence-electron chi connectivity index (χ3n) is 13.8. The van der Waals surface area contributed by atoms with Gasteiger partial charge in [0.25, 0.3) is 0 Å². The molecule has 62 heavy (non-hydrogen) atoms. The van der Waals surface area contributed by atoms with E-state index in [4.69, 9.17) is 4.42 Å². The SMILES string of the molecule is CC1(C)c2ccccc2-c2ccc3c(oc4cc(-c5ccc(-c6c7ccccc7c(-c7cccc(-c8ccccc8)c7)c7ccccc67)c6ccccc56)c5ccccc5c43)c21. The van der Waals surface area contributed by atoms with Gasteiger partial charge in [-0.3, -0.25) is 0 Å². The first-order chi connectivity index (χ1) is 30.5. The predicted molar refractivity (Wildman–Crippen MR) is 263 cm³/mol. The molecule has 0 aliphatic heterocycles. The quantitative estimate of drug-likeness (QED) is 0.162. The number of rotatable bonds is 4. The van der Waals surface area contributed by atoms with Gasteiger partial charge in [-0.2, -0.15) is 0 Å². The van der Waals surface area contributed by atoms with Gasteiger partial charge in [-0.25, -0.2) is 0 Å². The lowest BCUT2D eigenvalue weighted by Crippen LogP contribution is -2.15. The van der Waals surface area contributed by atoms with Crippen LogP contribution in [0.1, 0.15) is 25.0 Å². The Bertz CT molecular complexity index is 3770. The molecular formula is C61H40O. The summed E-state index contributed by atoms with van der Waals surface area (Å²) in [5.41, 5.74) is 16.7. The number of fused-ring (bicyclic) bond motifs is 12. The molecular weight excluding hydrogens is 749 g/mol. The number of benzene rings is 11. The molecule has 0 amide bonds. The highest BCUT2D eigenvalue weighted by atomic mass is 16.3. The highest BCUT2D eigenvalue weighted by molar-refractivity contribution is 6.27. The van der Waals surface area contributed by atoms with Crippen molar-refractivity contribution >= 4 is 65.0 Å². The van der Waals surface area contributed by atoms with Crippen LogP contribution >= 0.6 is 0 Å². The van der Waals surface area contributed by atoms with E-state index >= 15 is 0 Å². The molecule has 13 rings (SSSR count). The first-order valence-electron chi connectivity index (χ1n) is 21.7. The van der Waals surface area contributed by atoms with Crippen molar-refractivity contribution in [3.63, 3.8) is 0 Å². The van der Waals surface area contributed by atoms with E-state index in [0.717, 1.165) is 11.2 Å². The summed E-state index contributed by atoms with van der Waals surface area (Å²) in [6.07, 6.45) is 0. The van der Waals surface area contributed by atoms with Crippen LogP contribution in [0.3, 0.4) is 0 Å². The van der Waals surface area contributed by atoms with Crippen LogP contribution in [0.5, 0.6) is 0 Å². The monoisotopic (exact) mass is 788 g/mol. The fourth-order valence-electron chi connectivity index (χ4n) is 11.1. The first-order valence-corrected chi connectivity index (χ1v) is 21.7. The minimum absolute atomic E-state index is 0.178. The molecule has 1 aliphatic carbocycles. The summed E-state index contributed by atoms with van der Waals surface area (Å²) in [5.74, 6) is 0. The standard InChI is InChI=1S/C61H40O/c1-61(2)54-30-15-14-24-44(54)51-33-34-52-58-45-25-9-8-23-42(45)53(36-55(58)62-60(52)59(51)61)43-31-32-50(41-22-7-6-21-40(41)43)57-48-28-12-10-26-46(48)56(47-27-11-13-29-49(47)57)39-20-16-19-38(35-39)37-17-4-3-5-18-37/h3-36H,1-2H3. The normalized spacial score (nSPS) is 13.1. The average molecular weight is 789 g/mol. The Balaban J connectivity index is 1.04. The molecule has 1 aliphatic rings. The summed E-state index contributed by atoms with van der Waals surface area (Å²) in [6.45, 7) is 4.68. The summed E-state index contributed by atoms with van der Waals surface area (Å²) in [4.78, 5) is 0. The van der Waals surface area contributed by atoms with E-state index in [0.29, 0.717) is 0 Å². The predicted octanol–water partition coefficient (Wildman–Crippen LogP) is 17.2. The molecule has 0 saturated carbocycles. The molecule has 1 aromatic heterocycles. The highest BCUT2D eigenvalue weighted by Crippen LogP contribution is 2.54. The fraction of sp³-hybridized carbons (Fsp3) is 0.0492. The lowest BCUT2D eigenvalue weighted by molar-refractivity contribution is 0.620. The van der Waals surface area contributed by atoms with Gasteiger partial charge in [-0.1, -0.05) is 202 Å². The van der Waals surface area contributed by atoms with Crippen LogP contribution in [-0.2, 0) is 5.41 Å². The summed E-state index contributed by atoms with van der Waals surface area (Å²) < 4.78 is 7.11. The molecule has 12 aromatic rings. The van der Waals surface area contributed by atoms with Gasteiger partial charge in [0, 0.05) is 21.8 Å². The van der Waals surface area contributed by atoms with E-state index < -0.39 is 0 Å². The van der Waals surface area contributed by atoms with E-state index in [1.54, 1.807) is 0 Å². The smallest absolute Gasteiger partial charge is 0.140 e. The van der Waals surface area contributed by atoms with Crippen molar-refractivity contribution in [3.05, 3.63) is 217 Å². The third-order valence-corrected chi connectivity index (χ3v) is 13.8. The van der Waals surface area contributed by atoms with Gasteiger partial charge < -0.3 is 4.42 Å². The fourth-order valence-corrected chi connectivity index (χ4v) is 11.1. The Morgan fingerprint density at radius 3 is 1.55 bits per heavy atom. The van der Waals surface area contributed by atoms with Gasteiger partial charge in [-0.05, 0) is 122 Å². The number of hydrogen-bond acceptors (Lipinski definition) is 1. The Kier molecular flexibility index (Phi) is 7.42. The van der Waals surface area contributed by atoms with Crippen molar-refractivity contribution in [2.45, 2.75) is 19.3 Å². The van der Waals surface area contributed by atoms with Gasteiger partial charge in [0.15, 0.2) is 0 Å². The molecule has 0 spiro atoms. The molecule has 11 aromatic carbocycles. The second-order valence-corrected chi connectivity index (χ2v) is 17.5. The Morgan fingerprint density at radius 2 is 0.839 bits per heavy atom. The van der Waals surface area contributed by atoms with Gasteiger partial charge in [0.1, 0.15) is 11.2 Å². The van der Waals surface area contributed by atoms with E-state index in [1.165, 1.54) is 121 Å². The van der Waals surface area contributed by atoms with Crippen LogP contribution in [0.4, 0.5) is 0 Å². The Morgan fingerprint density at radius 1 is 0.323 bits per heavy atom. The lowest BCUT2D eigenvalue weighted by Gasteiger charge is -2.21. The van der Waals surface area contributed by atoms with Crippen LogP contribution in [0.25, 0.3) is 121 Å². The molecule has 290 valence electrons. The first kappa shape index (κ1) is 35.1. The minimum Gasteiger partial charge on any atom is -0.456 e. The molecule has 1 heterocycles. The zero-order valence-corrected chi connectivity index (χ0v) is 34.5. The zero-order valence-electron chi connectivity index (χ0n) is 34.5. The Labute approximate surface area is 360 Å². The number of hydrogen-bond donors (Lipinski definition) is 0. The van der Waals surface area contributed by atoms with E-state index in [-0.39, 0.29) is 5.41 Å². The summed E-state index contributed by atoms with van der Waals surface area (Å²) >= 11 is 0. The summed E-state index contributed by atoms with van der Waals surface area (Å²) in [6, 6.07) is 76.0. The average Bonchev–Trinajstić information content (AvgIpc) is 3.82. The molecule has 0 N–H and O–H groups in total. The maximum absolute atomic E-state index is 7.11. The Hall–Kier alpha value is -7.74. The van der Waals surface area contributed by atoms with Gasteiger partial charge in [-0.15, -0.1) is 0 Å². The van der Waals surface area contributed by atoms with Crippen molar-refractivity contribution in [1.82, 2.24) is 0 Å². The van der Waals surface area contributed by atoms with Gasteiger partial charge in [0.05, 0.1) is 0 Å². The van der Waals surface area contributed by atoms with E-state index in [9.17, 15) is 0 Å². The largest absolute Gasteiger partial charge is 0.456 e. The second kappa shape index (κ2) is 13.1. The van der Waals surface area contributed by atoms with Crippen molar-refractivity contribution in [3.8, 4) is 55.6 Å². The maximum atomic E-state index is 7.11. The van der Waals surface area contributed by atoms with Crippen LogP contribution in [0, 0.1) is 0 Å². The van der Waals surface area contributed by atoms with Crippen LogP contribution in [-0.4, -0.2) is 0 Å². The number of furan rings is 1. The maximum Gasteiger partial charge on any atom is 0.140 e. The molecule has 0 atom stereocenters. The van der Waals surface area contributed by atoms with Gasteiger partial charge >= 0.3 is 0 Å². The topological polar surface area (TPSA) is 13.1 Å². The van der Waals surface area contributed by atoms with Crippen molar-refractivity contribution in [2.75, 3.05) is 0 Å². The van der Waals surface area contributed by atoms with Crippen molar-refractivity contribution in [1.29, 1.82) is 0 Å². The summed E-state index contributed by atoms with van der Waals surface area (Å²) in [7, 11) is 0. The minimum atomic E-state index is -0.178. The molecule has 1 nitrogen and oxygen atoms in total. The molecule has 1 heteroatoms. The third kappa shape index (κ3) is 4.91. The van der Waals surface area contributed by atoms with Crippen molar-refractivity contribution < 1.29 is 4.42 Å². The molecule has 0 bridgehead atoms. The second-order valence-electron chi connectivity index (χ2n) is 17.5. The highest BCUT2D eigenvalue weighted by Gasteiger charge is 2.38. The van der Waals surface area contributed by atoms with Crippen LogP contribution in [0.2, 0.25) is 0 Å². The van der Waals surface area contributed by atoms with Crippen LogP contribution in [0.15, 0.2) is 211 Å². The lowest BCUT2D eigenvalue weighted by atomic mass is 9.81. The molecule has 0 saturated heterocycles. The molecule has 0 fully saturated rings. The summed E-state index contributed by atoms with van der Waals surface area (Å²) in [5, 5.41) is 12.2. The van der Waals surface area contributed by atoms with Crippen LogP contribution < -0.4 is 0 Å². The zero-order chi connectivity index (χ0) is 41.1. The molecule has 0 unspecified atom stereocenters. The van der Waals surface area contributed by atoms with Crippen molar-refractivity contribution in [2.24, 2.45) is 0 Å². The molecule has 0 radical (unpaired) electrons. The van der Waals surface area contributed by atoms with Gasteiger partial charge in [0.2, 0.25) is 0 Å².